The summed E-state index contributed by atoms with van der Waals surface area (Å²) in [5, 5.41) is 5.91. The van der Waals surface area contributed by atoms with E-state index in [1.807, 2.05) is 0 Å². The fraction of sp³-hybridized carbons (Fsp3) is 0.0800. The zero-order valence-corrected chi connectivity index (χ0v) is 20.5. The van der Waals surface area contributed by atoms with Crippen LogP contribution in [0, 0.1) is 11.6 Å². The molecule has 1 heterocycles. The van der Waals surface area contributed by atoms with E-state index < -0.39 is 17.5 Å². The molecule has 0 unspecified atom stereocenters. The lowest BCUT2D eigenvalue weighted by Gasteiger charge is -2.14. The largest absolute Gasteiger partial charge is 0.493 e. The van der Waals surface area contributed by atoms with Gasteiger partial charge in [0.1, 0.15) is 23.1 Å². The van der Waals surface area contributed by atoms with E-state index >= 15 is 0 Å². The molecule has 0 saturated carbocycles. The Balaban J connectivity index is 1.49. The summed E-state index contributed by atoms with van der Waals surface area (Å²) in [6.07, 6.45) is 1.60. The molecule has 11 heteroatoms. The molecule has 4 aromatic rings. The number of hydrogen-bond acceptors (Lipinski definition) is 6. The van der Waals surface area contributed by atoms with E-state index in [-0.39, 0.29) is 15.7 Å². The van der Waals surface area contributed by atoms with Crippen LogP contribution in [0.5, 0.6) is 23.0 Å². The Morgan fingerprint density at radius 1 is 0.972 bits per heavy atom. The molecule has 0 aliphatic rings. The maximum absolute atomic E-state index is 13.8. The highest BCUT2D eigenvalue weighted by Gasteiger charge is 2.15. The molecular formula is C25H18ClF2N3O4S. The average Bonchev–Trinajstić information content (AvgIpc) is 2.84. The summed E-state index contributed by atoms with van der Waals surface area (Å²) >= 11 is 11.5. The number of amides is 1. The van der Waals surface area contributed by atoms with Gasteiger partial charge in [-0.25, -0.2) is 8.78 Å². The van der Waals surface area contributed by atoms with Crippen LogP contribution in [0.3, 0.4) is 0 Å². The van der Waals surface area contributed by atoms with Gasteiger partial charge in [-0.2, -0.15) is 0 Å². The highest BCUT2D eigenvalue weighted by atomic mass is 35.5. The summed E-state index contributed by atoms with van der Waals surface area (Å²) in [4.78, 5) is 16.6. The molecule has 0 aliphatic carbocycles. The van der Waals surface area contributed by atoms with Gasteiger partial charge in [0.25, 0.3) is 5.91 Å². The monoisotopic (exact) mass is 529 g/mol. The van der Waals surface area contributed by atoms with Crippen LogP contribution < -0.4 is 24.8 Å². The number of pyridine rings is 1. The van der Waals surface area contributed by atoms with Crippen LogP contribution in [0.25, 0.3) is 10.9 Å². The molecule has 3 aromatic carbocycles. The number of thiocarbonyl (C=S) groups is 1. The second-order valence-electron chi connectivity index (χ2n) is 7.31. The number of methoxy groups -OCH3 is 2. The SMILES string of the molecule is COc1cc2nccc(Oc3ccc(NC(=S)NC(=O)c4ccc(F)cc4F)c(Cl)c3)c2cc1OC. The van der Waals surface area contributed by atoms with Crippen LogP contribution in [0.1, 0.15) is 10.4 Å². The number of rotatable bonds is 6. The first-order chi connectivity index (χ1) is 17.3. The summed E-state index contributed by atoms with van der Waals surface area (Å²) < 4.78 is 43.6. The summed E-state index contributed by atoms with van der Waals surface area (Å²) in [5.41, 5.74) is 0.669. The fourth-order valence-electron chi connectivity index (χ4n) is 3.32. The Kier molecular flexibility index (Phi) is 7.47. The normalized spacial score (nSPS) is 10.6. The topological polar surface area (TPSA) is 81.7 Å². The Morgan fingerprint density at radius 2 is 1.72 bits per heavy atom. The van der Waals surface area contributed by atoms with Gasteiger partial charge in [0.15, 0.2) is 16.6 Å². The highest BCUT2D eigenvalue weighted by molar-refractivity contribution is 7.80. The van der Waals surface area contributed by atoms with Crippen molar-refractivity contribution in [3.63, 3.8) is 0 Å². The number of carbonyl (C=O) groups is 1. The number of anilines is 1. The minimum atomic E-state index is -1.01. The Hall–Kier alpha value is -4.02. The summed E-state index contributed by atoms with van der Waals surface area (Å²) in [6, 6.07) is 12.6. The summed E-state index contributed by atoms with van der Waals surface area (Å²) in [7, 11) is 3.08. The van der Waals surface area contributed by atoms with E-state index in [1.165, 1.54) is 7.11 Å². The number of halogens is 3. The molecule has 4 rings (SSSR count). The van der Waals surface area contributed by atoms with Crippen molar-refractivity contribution in [1.29, 1.82) is 0 Å². The van der Waals surface area contributed by atoms with Gasteiger partial charge in [-0.3, -0.25) is 15.1 Å². The number of benzene rings is 3. The molecule has 0 radical (unpaired) electrons. The first kappa shape index (κ1) is 25.1. The summed E-state index contributed by atoms with van der Waals surface area (Å²) in [5.74, 6) is -0.627. The fourth-order valence-corrected chi connectivity index (χ4v) is 3.74. The van der Waals surface area contributed by atoms with Crippen LogP contribution in [0.2, 0.25) is 5.02 Å². The maximum Gasteiger partial charge on any atom is 0.260 e. The van der Waals surface area contributed by atoms with Gasteiger partial charge in [0.05, 0.1) is 36.0 Å². The van der Waals surface area contributed by atoms with Gasteiger partial charge in [0.2, 0.25) is 0 Å². The molecule has 2 N–H and O–H groups in total. The standard InChI is InChI=1S/C25H18ClF2N3O4S/c1-33-22-11-16-20(12-23(22)34-2)29-8-7-21(16)35-14-4-6-19(17(26)10-14)30-25(36)31-24(32)15-5-3-13(27)9-18(15)28/h3-12H,1-2H3,(H2,30,31,32,36). The number of carbonyl (C=O) groups excluding carboxylic acids is 1. The third-order valence-electron chi connectivity index (χ3n) is 5.03. The van der Waals surface area contributed by atoms with E-state index in [0.717, 1.165) is 12.1 Å². The number of aromatic nitrogens is 1. The van der Waals surface area contributed by atoms with Crippen molar-refractivity contribution in [2.45, 2.75) is 0 Å². The zero-order chi connectivity index (χ0) is 25.8. The molecule has 0 spiro atoms. The van der Waals surface area contributed by atoms with E-state index in [4.69, 9.17) is 38.0 Å². The Bertz CT molecular complexity index is 1490. The molecule has 0 atom stereocenters. The molecule has 0 bridgehead atoms. The van der Waals surface area contributed by atoms with Crippen molar-refractivity contribution in [2.24, 2.45) is 0 Å². The van der Waals surface area contributed by atoms with E-state index in [2.05, 4.69) is 15.6 Å². The molecule has 0 saturated heterocycles. The predicted octanol–water partition coefficient (Wildman–Crippen LogP) is 6.10. The number of ether oxygens (including phenoxy) is 3. The van der Waals surface area contributed by atoms with Gasteiger partial charge in [-0.1, -0.05) is 11.6 Å². The lowest BCUT2D eigenvalue weighted by molar-refractivity contribution is 0.0973. The lowest BCUT2D eigenvalue weighted by atomic mass is 10.2. The van der Waals surface area contributed by atoms with Crippen LogP contribution >= 0.6 is 23.8 Å². The minimum absolute atomic E-state index is 0.125. The van der Waals surface area contributed by atoms with Crippen LogP contribution in [-0.4, -0.2) is 30.2 Å². The molecule has 36 heavy (non-hydrogen) atoms. The molecule has 184 valence electrons. The molecule has 7 nitrogen and oxygen atoms in total. The van der Waals surface area contributed by atoms with Gasteiger partial charge in [0, 0.05) is 29.8 Å². The van der Waals surface area contributed by atoms with Crippen molar-refractivity contribution in [3.8, 4) is 23.0 Å². The quantitative estimate of drug-likeness (QED) is 0.292. The number of hydrogen-bond donors (Lipinski definition) is 2. The molecule has 0 fully saturated rings. The highest BCUT2D eigenvalue weighted by Crippen LogP contribution is 2.37. The van der Waals surface area contributed by atoms with Gasteiger partial charge < -0.3 is 19.5 Å². The van der Waals surface area contributed by atoms with E-state index in [9.17, 15) is 13.6 Å². The third kappa shape index (κ3) is 5.45. The van der Waals surface area contributed by atoms with Crippen molar-refractivity contribution >= 4 is 51.4 Å². The van der Waals surface area contributed by atoms with Crippen LogP contribution in [0.15, 0.2) is 60.8 Å². The smallest absolute Gasteiger partial charge is 0.260 e. The maximum atomic E-state index is 13.8. The van der Waals surface area contributed by atoms with Gasteiger partial charge in [-0.05, 0) is 48.6 Å². The Labute approximate surface area is 215 Å². The second kappa shape index (κ2) is 10.7. The van der Waals surface area contributed by atoms with Crippen LogP contribution in [-0.2, 0) is 0 Å². The molecule has 1 amide bonds. The molecular weight excluding hydrogens is 512 g/mol. The van der Waals surface area contributed by atoms with Crippen molar-refractivity contribution < 1.29 is 27.8 Å². The van der Waals surface area contributed by atoms with Crippen molar-refractivity contribution in [2.75, 3.05) is 19.5 Å². The summed E-state index contributed by atoms with van der Waals surface area (Å²) in [6.45, 7) is 0. The van der Waals surface area contributed by atoms with Crippen molar-refractivity contribution in [1.82, 2.24) is 10.3 Å². The number of nitrogens with one attached hydrogen (secondary N) is 2. The average molecular weight is 530 g/mol. The molecule has 0 aliphatic heterocycles. The van der Waals surface area contributed by atoms with Crippen molar-refractivity contribution in [3.05, 3.63) is 83.0 Å². The third-order valence-corrected chi connectivity index (χ3v) is 5.54. The zero-order valence-electron chi connectivity index (χ0n) is 18.9. The van der Waals surface area contributed by atoms with Gasteiger partial charge >= 0.3 is 0 Å². The van der Waals surface area contributed by atoms with E-state index in [1.54, 1.807) is 49.7 Å². The first-order valence-electron chi connectivity index (χ1n) is 10.3. The number of nitrogens with zero attached hydrogens (tertiary/aromatic N) is 1. The molecule has 1 aromatic heterocycles. The Morgan fingerprint density at radius 3 is 2.42 bits per heavy atom. The first-order valence-corrected chi connectivity index (χ1v) is 11.1. The minimum Gasteiger partial charge on any atom is -0.493 e. The lowest BCUT2D eigenvalue weighted by Crippen LogP contribution is -2.34. The van der Waals surface area contributed by atoms with E-state index in [0.29, 0.717) is 45.7 Å². The van der Waals surface area contributed by atoms with Crippen LogP contribution in [0.4, 0.5) is 14.5 Å². The van der Waals surface area contributed by atoms with Gasteiger partial charge in [-0.15, -0.1) is 0 Å². The predicted molar refractivity (Wildman–Crippen MR) is 136 cm³/mol. The number of fused-ring (bicyclic) bond motifs is 1. The second-order valence-corrected chi connectivity index (χ2v) is 8.13.